The molecule has 1 atom stereocenters. The zero-order valence-corrected chi connectivity index (χ0v) is 14.6. The Morgan fingerprint density at radius 3 is 2.68 bits per heavy atom. The van der Waals surface area contributed by atoms with E-state index >= 15 is 0 Å². The van der Waals surface area contributed by atoms with E-state index in [0.29, 0.717) is 6.04 Å². The van der Waals surface area contributed by atoms with E-state index in [0.717, 1.165) is 19.5 Å². The monoisotopic (exact) mass is 331 g/mol. The summed E-state index contributed by atoms with van der Waals surface area (Å²) >= 11 is 0. The smallest absolute Gasteiger partial charge is 0.0949 e. The number of rotatable bonds is 5. The van der Waals surface area contributed by atoms with Crippen LogP contribution in [0.5, 0.6) is 0 Å². The van der Waals surface area contributed by atoms with Crippen molar-refractivity contribution in [2.45, 2.75) is 38.3 Å². The van der Waals surface area contributed by atoms with Gasteiger partial charge in [0.2, 0.25) is 0 Å². The first kappa shape index (κ1) is 16.1. The van der Waals surface area contributed by atoms with Gasteiger partial charge >= 0.3 is 0 Å². The van der Waals surface area contributed by atoms with E-state index in [4.69, 9.17) is 0 Å². The molecule has 3 nitrogen and oxygen atoms in total. The molecule has 0 amide bonds. The number of piperidine rings is 1. The lowest BCUT2D eigenvalue weighted by molar-refractivity contribution is 0.399. The molecule has 1 aliphatic rings. The second-order valence-electron chi connectivity index (χ2n) is 6.94. The van der Waals surface area contributed by atoms with Crippen molar-refractivity contribution in [3.63, 3.8) is 0 Å². The van der Waals surface area contributed by atoms with Crippen LogP contribution >= 0.6 is 0 Å². The summed E-state index contributed by atoms with van der Waals surface area (Å²) in [6, 6.07) is 18.4. The maximum Gasteiger partial charge on any atom is 0.0949 e. The van der Waals surface area contributed by atoms with Crippen LogP contribution in [0.25, 0.3) is 11.1 Å². The van der Waals surface area contributed by atoms with Crippen LogP contribution in [-0.4, -0.2) is 22.1 Å². The highest BCUT2D eigenvalue weighted by Crippen LogP contribution is 2.26. The molecule has 0 saturated carbocycles. The Kier molecular flexibility index (Phi) is 4.93. The first-order valence-corrected chi connectivity index (χ1v) is 9.25. The highest BCUT2D eigenvalue weighted by atomic mass is 15.0. The third-order valence-corrected chi connectivity index (χ3v) is 5.09. The molecule has 0 spiro atoms. The molecule has 128 valence electrons. The summed E-state index contributed by atoms with van der Waals surface area (Å²) in [5.41, 5.74) is 5.42. The molecule has 0 radical (unpaired) electrons. The minimum atomic E-state index is 0.621. The Morgan fingerprint density at radius 2 is 1.92 bits per heavy atom. The predicted octanol–water partition coefficient (Wildman–Crippen LogP) is 4.28. The van der Waals surface area contributed by atoms with Crippen LogP contribution in [0.15, 0.2) is 67.3 Å². The summed E-state index contributed by atoms with van der Waals surface area (Å²) in [5, 5.41) is 3.67. The van der Waals surface area contributed by atoms with Crippen LogP contribution in [0.2, 0.25) is 0 Å². The van der Waals surface area contributed by atoms with Gasteiger partial charge in [-0.15, -0.1) is 0 Å². The Labute approximate surface area is 149 Å². The van der Waals surface area contributed by atoms with E-state index in [2.05, 4.69) is 63.4 Å². The van der Waals surface area contributed by atoms with Crippen LogP contribution < -0.4 is 5.32 Å². The number of nitrogens with one attached hydrogen (secondary N) is 1. The fourth-order valence-corrected chi connectivity index (χ4v) is 3.72. The summed E-state index contributed by atoms with van der Waals surface area (Å²) in [6.07, 6.45) is 10.8. The van der Waals surface area contributed by atoms with Crippen LogP contribution in [0.1, 0.15) is 30.4 Å². The number of nitrogens with zero attached hydrogens (tertiary/aromatic N) is 2. The molecule has 1 saturated heterocycles. The number of benzene rings is 2. The van der Waals surface area contributed by atoms with Gasteiger partial charge in [0.05, 0.1) is 6.33 Å². The van der Waals surface area contributed by atoms with E-state index in [9.17, 15) is 0 Å². The van der Waals surface area contributed by atoms with Crippen molar-refractivity contribution < 1.29 is 0 Å². The van der Waals surface area contributed by atoms with Crippen LogP contribution in [0.4, 0.5) is 0 Å². The Hall–Kier alpha value is -2.39. The van der Waals surface area contributed by atoms with Gasteiger partial charge in [0.15, 0.2) is 0 Å². The standard InChI is InChI=1S/C22H25N3/c1-2-7-22(20(5-1)15-21-6-3-4-12-24-21)19-10-8-18(9-11-19)16-25-14-13-23-17-25/h1-2,5,7-11,13-14,17,21,24H,3-4,6,12,15-16H2. The van der Waals surface area contributed by atoms with Crippen LogP contribution in [-0.2, 0) is 13.0 Å². The molecular weight excluding hydrogens is 306 g/mol. The number of imidazole rings is 1. The Balaban J connectivity index is 1.52. The third kappa shape index (κ3) is 3.99. The summed E-state index contributed by atoms with van der Waals surface area (Å²) in [6.45, 7) is 2.03. The van der Waals surface area contributed by atoms with Crippen molar-refractivity contribution in [3.8, 4) is 11.1 Å². The lowest BCUT2D eigenvalue weighted by atomic mass is 9.92. The van der Waals surface area contributed by atoms with Crippen molar-refractivity contribution in [3.05, 3.63) is 78.4 Å². The van der Waals surface area contributed by atoms with Gasteiger partial charge in [-0.1, -0.05) is 55.0 Å². The van der Waals surface area contributed by atoms with Gasteiger partial charge < -0.3 is 9.88 Å². The fourth-order valence-electron chi connectivity index (χ4n) is 3.72. The average molecular weight is 331 g/mol. The minimum absolute atomic E-state index is 0.621. The van der Waals surface area contributed by atoms with Gasteiger partial charge in [0.1, 0.15) is 0 Å². The molecule has 0 bridgehead atoms. The molecule has 1 unspecified atom stereocenters. The van der Waals surface area contributed by atoms with Crippen LogP contribution in [0.3, 0.4) is 0 Å². The third-order valence-electron chi connectivity index (χ3n) is 5.09. The second kappa shape index (κ2) is 7.66. The Morgan fingerprint density at radius 1 is 1.04 bits per heavy atom. The normalized spacial score (nSPS) is 17.5. The SMILES string of the molecule is c1ccc(-c2ccc(Cn3ccnc3)cc2)c(CC2CCCCN2)c1. The second-order valence-corrected chi connectivity index (χ2v) is 6.94. The molecule has 1 fully saturated rings. The molecule has 1 N–H and O–H groups in total. The highest BCUT2D eigenvalue weighted by molar-refractivity contribution is 5.67. The minimum Gasteiger partial charge on any atom is -0.333 e. The van der Waals surface area contributed by atoms with E-state index in [1.165, 1.54) is 41.5 Å². The zero-order valence-electron chi connectivity index (χ0n) is 14.6. The van der Waals surface area contributed by atoms with Crippen LogP contribution in [0, 0.1) is 0 Å². The van der Waals surface area contributed by atoms with Crippen molar-refractivity contribution in [1.82, 2.24) is 14.9 Å². The summed E-state index contributed by atoms with van der Waals surface area (Å²) in [4.78, 5) is 4.11. The van der Waals surface area contributed by atoms with Crippen molar-refractivity contribution in [2.24, 2.45) is 0 Å². The maximum atomic E-state index is 4.11. The Bertz CT molecular complexity index is 784. The van der Waals surface area contributed by atoms with Crippen molar-refractivity contribution in [2.75, 3.05) is 6.54 Å². The molecule has 2 heterocycles. The predicted molar refractivity (Wildman–Crippen MR) is 103 cm³/mol. The van der Waals surface area contributed by atoms with Gasteiger partial charge in [-0.05, 0) is 48.1 Å². The molecule has 2 aromatic carbocycles. The average Bonchev–Trinajstić information content (AvgIpc) is 3.17. The van der Waals surface area contributed by atoms with E-state index in [1.54, 1.807) is 0 Å². The first-order valence-electron chi connectivity index (χ1n) is 9.25. The maximum absolute atomic E-state index is 4.11. The zero-order chi connectivity index (χ0) is 16.9. The number of hydrogen-bond donors (Lipinski definition) is 1. The lowest BCUT2D eigenvalue weighted by Gasteiger charge is -2.24. The molecule has 1 aromatic heterocycles. The van der Waals surface area contributed by atoms with Crippen molar-refractivity contribution >= 4 is 0 Å². The first-order chi connectivity index (χ1) is 12.4. The van der Waals surface area contributed by atoms with Gasteiger partial charge in [-0.2, -0.15) is 0 Å². The van der Waals surface area contributed by atoms with Gasteiger partial charge in [0, 0.05) is 25.0 Å². The topological polar surface area (TPSA) is 29.9 Å². The number of aromatic nitrogens is 2. The fraction of sp³-hybridized carbons (Fsp3) is 0.318. The van der Waals surface area contributed by atoms with E-state index in [-0.39, 0.29) is 0 Å². The molecule has 4 rings (SSSR count). The van der Waals surface area contributed by atoms with E-state index in [1.807, 2.05) is 18.7 Å². The van der Waals surface area contributed by atoms with Gasteiger partial charge in [0.25, 0.3) is 0 Å². The molecule has 0 aliphatic carbocycles. The molecule has 3 heteroatoms. The van der Waals surface area contributed by atoms with E-state index < -0.39 is 0 Å². The van der Waals surface area contributed by atoms with Crippen molar-refractivity contribution in [1.29, 1.82) is 0 Å². The molecule has 1 aliphatic heterocycles. The van der Waals surface area contributed by atoms with Gasteiger partial charge in [-0.3, -0.25) is 0 Å². The summed E-state index contributed by atoms with van der Waals surface area (Å²) in [7, 11) is 0. The van der Waals surface area contributed by atoms with Gasteiger partial charge in [-0.25, -0.2) is 4.98 Å². The summed E-state index contributed by atoms with van der Waals surface area (Å²) in [5.74, 6) is 0. The molecule has 25 heavy (non-hydrogen) atoms. The quantitative estimate of drug-likeness (QED) is 0.756. The molecular formula is C22H25N3. The largest absolute Gasteiger partial charge is 0.333 e. The summed E-state index contributed by atoms with van der Waals surface area (Å²) < 4.78 is 2.09. The number of hydrogen-bond acceptors (Lipinski definition) is 2. The lowest BCUT2D eigenvalue weighted by Crippen LogP contribution is -2.35. The highest BCUT2D eigenvalue weighted by Gasteiger charge is 2.15. The molecule has 3 aromatic rings.